The Morgan fingerprint density at radius 1 is 1.26 bits per heavy atom. The van der Waals surface area contributed by atoms with E-state index < -0.39 is 0 Å². The van der Waals surface area contributed by atoms with Crippen LogP contribution in [0.2, 0.25) is 0 Å². The normalized spacial score (nSPS) is 15.0. The van der Waals surface area contributed by atoms with Gasteiger partial charge in [-0.15, -0.1) is 0 Å². The molecule has 1 amide bonds. The van der Waals surface area contributed by atoms with E-state index in [-0.39, 0.29) is 11.7 Å². The highest BCUT2D eigenvalue weighted by Crippen LogP contribution is 2.23. The number of benzene rings is 1. The smallest absolute Gasteiger partial charge is 0.220 e. The molecule has 0 bridgehead atoms. The highest BCUT2D eigenvalue weighted by Gasteiger charge is 2.14. The van der Waals surface area contributed by atoms with Gasteiger partial charge in [0, 0.05) is 26.0 Å². The zero-order valence-corrected chi connectivity index (χ0v) is 15.6. The van der Waals surface area contributed by atoms with E-state index >= 15 is 0 Å². The van der Waals surface area contributed by atoms with Gasteiger partial charge in [-0.25, -0.2) is 9.37 Å². The summed E-state index contributed by atoms with van der Waals surface area (Å²) in [5, 5.41) is 2.89. The molecular formula is C21H27FN2O3. The van der Waals surface area contributed by atoms with Crippen molar-refractivity contribution in [2.75, 3.05) is 13.2 Å². The molecule has 1 aliphatic rings. The number of rotatable bonds is 9. The van der Waals surface area contributed by atoms with Crippen molar-refractivity contribution in [3.63, 3.8) is 0 Å². The van der Waals surface area contributed by atoms with Crippen LogP contribution in [0.25, 0.3) is 11.3 Å². The van der Waals surface area contributed by atoms with Crippen LogP contribution in [0.1, 0.15) is 50.8 Å². The molecule has 0 spiro atoms. The molecule has 1 aromatic carbocycles. The second-order valence-corrected chi connectivity index (χ2v) is 6.93. The Morgan fingerprint density at radius 3 is 2.89 bits per heavy atom. The number of nitrogens with one attached hydrogen (secondary N) is 1. The van der Waals surface area contributed by atoms with Gasteiger partial charge in [0.2, 0.25) is 5.91 Å². The molecule has 0 saturated heterocycles. The number of carbonyl (C=O) groups is 1. The van der Waals surface area contributed by atoms with Crippen LogP contribution in [0.15, 0.2) is 34.9 Å². The molecule has 0 aliphatic heterocycles. The molecule has 0 unspecified atom stereocenters. The molecule has 0 radical (unpaired) electrons. The van der Waals surface area contributed by atoms with Crippen LogP contribution in [-0.2, 0) is 16.0 Å². The first-order valence-electron chi connectivity index (χ1n) is 9.80. The average Bonchev–Trinajstić information content (AvgIpc) is 3.16. The third kappa shape index (κ3) is 6.17. The molecule has 1 heterocycles. The van der Waals surface area contributed by atoms with Crippen molar-refractivity contribution in [2.24, 2.45) is 0 Å². The lowest BCUT2D eigenvalue weighted by atomic mass is 9.98. The van der Waals surface area contributed by atoms with Crippen molar-refractivity contribution >= 4 is 5.91 Å². The van der Waals surface area contributed by atoms with Crippen molar-refractivity contribution in [3.8, 4) is 11.3 Å². The zero-order chi connectivity index (χ0) is 18.9. The summed E-state index contributed by atoms with van der Waals surface area (Å²) in [5.74, 6) is 0.416. The molecule has 2 aromatic rings. The van der Waals surface area contributed by atoms with Gasteiger partial charge in [-0.1, -0.05) is 31.4 Å². The molecule has 1 saturated carbocycles. The molecule has 0 atom stereocenters. The van der Waals surface area contributed by atoms with Gasteiger partial charge in [0.05, 0.1) is 17.9 Å². The fourth-order valence-electron chi connectivity index (χ4n) is 3.30. The fraction of sp³-hybridized carbons (Fsp3) is 0.524. The van der Waals surface area contributed by atoms with E-state index in [0.717, 1.165) is 19.3 Å². The summed E-state index contributed by atoms with van der Waals surface area (Å²) in [7, 11) is 0. The standard InChI is InChI=1S/C21H27FN2O3/c22-18-10-5-4-9-17(18)19-15-24-21(27-19)12-11-20(25)23-13-6-14-26-16-7-2-1-3-8-16/h4-5,9-10,15-16H,1-3,6-8,11-14H2,(H,23,25). The monoisotopic (exact) mass is 374 g/mol. The number of amides is 1. The van der Waals surface area contributed by atoms with Gasteiger partial charge in [-0.3, -0.25) is 4.79 Å². The first-order chi connectivity index (χ1) is 13.2. The largest absolute Gasteiger partial charge is 0.441 e. The number of nitrogens with zero attached hydrogens (tertiary/aromatic N) is 1. The van der Waals surface area contributed by atoms with E-state index in [1.165, 1.54) is 31.5 Å². The maximum atomic E-state index is 13.8. The van der Waals surface area contributed by atoms with Gasteiger partial charge in [-0.05, 0) is 31.4 Å². The quantitative estimate of drug-likeness (QED) is 0.666. The molecule has 1 aromatic heterocycles. The SMILES string of the molecule is O=C(CCc1ncc(-c2ccccc2F)o1)NCCCOC1CCCCC1. The minimum absolute atomic E-state index is 0.0432. The lowest BCUT2D eigenvalue weighted by molar-refractivity contribution is -0.121. The fourth-order valence-corrected chi connectivity index (χ4v) is 3.30. The number of hydrogen-bond acceptors (Lipinski definition) is 4. The van der Waals surface area contributed by atoms with Crippen molar-refractivity contribution < 1.29 is 18.3 Å². The maximum absolute atomic E-state index is 13.8. The minimum atomic E-state index is -0.353. The van der Waals surface area contributed by atoms with Crippen LogP contribution in [0.4, 0.5) is 4.39 Å². The second-order valence-electron chi connectivity index (χ2n) is 6.93. The lowest BCUT2D eigenvalue weighted by Crippen LogP contribution is -2.26. The molecule has 1 N–H and O–H groups in total. The predicted octanol–water partition coefficient (Wildman–Crippen LogP) is 4.27. The Balaban J connectivity index is 1.32. The first kappa shape index (κ1) is 19.5. The Labute approximate surface area is 159 Å². The first-order valence-corrected chi connectivity index (χ1v) is 9.80. The van der Waals surface area contributed by atoms with Crippen LogP contribution in [0.3, 0.4) is 0 Å². The molecule has 6 heteroatoms. The van der Waals surface area contributed by atoms with E-state index in [2.05, 4.69) is 10.3 Å². The van der Waals surface area contributed by atoms with Crippen LogP contribution in [0, 0.1) is 5.82 Å². The van der Waals surface area contributed by atoms with Gasteiger partial charge in [0.15, 0.2) is 11.7 Å². The summed E-state index contributed by atoms with van der Waals surface area (Å²) in [6.45, 7) is 1.30. The highest BCUT2D eigenvalue weighted by molar-refractivity contribution is 5.76. The van der Waals surface area contributed by atoms with Crippen LogP contribution >= 0.6 is 0 Å². The lowest BCUT2D eigenvalue weighted by Gasteiger charge is -2.21. The highest BCUT2D eigenvalue weighted by atomic mass is 19.1. The molecule has 27 heavy (non-hydrogen) atoms. The van der Waals surface area contributed by atoms with Crippen LogP contribution < -0.4 is 5.32 Å². The summed E-state index contributed by atoms with van der Waals surface area (Å²) in [4.78, 5) is 16.1. The van der Waals surface area contributed by atoms with Gasteiger partial charge in [-0.2, -0.15) is 0 Å². The molecule has 1 fully saturated rings. The summed E-state index contributed by atoms with van der Waals surface area (Å²) in [6, 6.07) is 6.39. The molecule has 3 rings (SSSR count). The zero-order valence-electron chi connectivity index (χ0n) is 15.6. The van der Waals surface area contributed by atoms with Crippen LogP contribution in [-0.4, -0.2) is 30.1 Å². The van der Waals surface area contributed by atoms with Gasteiger partial charge in [0.1, 0.15) is 5.82 Å². The minimum Gasteiger partial charge on any atom is -0.441 e. The number of hydrogen-bond donors (Lipinski definition) is 1. The van der Waals surface area contributed by atoms with E-state index in [0.29, 0.717) is 49.3 Å². The summed E-state index contributed by atoms with van der Waals surface area (Å²) < 4.78 is 25.2. The summed E-state index contributed by atoms with van der Waals surface area (Å²) >= 11 is 0. The van der Waals surface area contributed by atoms with Crippen LogP contribution in [0.5, 0.6) is 0 Å². The van der Waals surface area contributed by atoms with Crippen molar-refractivity contribution in [2.45, 2.75) is 57.5 Å². The average molecular weight is 374 g/mol. The summed E-state index contributed by atoms with van der Waals surface area (Å²) in [5.41, 5.74) is 0.374. The maximum Gasteiger partial charge on any atom is 0.220 e. The molecule has 5 nitrogen and oxygen atoms in total. The van der Waals surface area contributed by atoms with E-state index in [1.807, 2.05) is 0 Å². The summed E-state index contributed by atoms with van der Waals surface area (Å²) in [6.07, 6.45) is 9.58. The number of aromatic nitrogens is 1. The second kappa shape index (κ2) is 10.2. The third-order valence-corrected chi connectivity index (χ3v) is 4.81. The number of carbonyl (C=O) groups excluding carboxylic acids is 1. The number of aryl methyl sites for hydroxylation is 1. The Kier molecular flexibility index (Phi) is 7.39. The topological polar surface area (TPSA) is 64.4 Å². The van der Waals surface area contributed by atoms with Crippen molar-refractivity contribution in [1.29, 1.82) is 0 Å². The van der Waals surface area contributed by atoms with E-state index in [4.69, 9.17) is 9.15 Å². The number of oxazole rings is 1. The Bertz CT molecular complexity index is 726. The Hall–Kier alpha value is -2.21. The third-order valence-electron chi connectivity index (χ3n) is 4.81. The van der Waals surface area contributed by atoms with E-state index in [1.54, 1.807) is 18.2 Å². The molecular weight excluding hydrogens is 347 g/mol. The van der Waals surface area contributed by atoms with Crippen molar-refractivity contribution in [3.05, 3.63) is 42.2 Å². The van der Waals surface area contributed by atoms with Crippen molar-refractivity contribution in [1.82, 2.24) is 10.3 Å². The van der Waals surface area contributed by atoms with E-state index in [9.17, 15) is 9.18 Å². The predicted molar refractivity (Wildman–Crippen MR) is 101 cm³/mol. The molecule has 1 aliphatic carbocycles. The van der Waals surface area contributed by atoms with Gasteiger partial charge < -0.3 is 14.5 Å². The number of ether oxygens (including phenoxy) is 1. The molecule has 146 valence electrons. The Morgan fingerprint density at radius 2 is 2.07 bits per heavy atom. The van der Waals surface area contributed by atoms with Gasteiger partial charge in [0.25, 0.3) is 0 Å². The van der Waals surface area contributed by atoms with Gasteiger partial charge >= 0.3 is 0 Å². The number of halogens is 1.